The molecule has 1 aromatic carbocycles. The van der Waals surface area contributed by atoms with E-state index in [1.807, 2.05) is 0 Å². The quantitative estimate of drug-likeness (QED) is 0.757. The van der Waals surface area contributed by atoms with Crippen LogP contribution in [0, 0.1) is 11.6 Å². The van der Waals surface area contributed by atoms with Crippen molar-refractivity contribution < 1.29 is 35.8 Å². The van der Waals surface area contributed by atoms with Crippen LogP contribution < -0.4 is 0 Å². The van der Waals surface area contributed by atoms with E-state index in [0.717, 1.165) is 0 Å². The lowest BCUT2D eigenvalue weighted by molar-refractivity contribution is -0.211. The van der Waals surface area contributed by atoms with E-state index in [1.165, 1.54) is 0 Å². The summed E-state index contributed by atoms with van der Waals surface area (Å²) in [5.41, 5.74) is -3.86. The number of hydrogen-bond acceptors (Lipinski definition) is 1. The summed E-state index contributed by atoms with van der Waals surface area (Å²) in [5, 5.41) is 8.07. The Hall–Kier alpha value is -1.31. The van der Waals surface area contributed by atoms with Crippen molar-refractivity contribution in [2.24, 2.45) is 0 Å². The molecule has 90 valence electrons. The fraction of sp³-hybridized carbons (Fsp3) is 0.250. The van der Waals surface area contributed by atoms with Gasteiger partial charge in [0.05, 0.1) is 11.1 Å². The van der Waals surface area contributed by atoms with Gasteiger partial charge < -0.3 is 5.11 Å². The molecule has 0 saturated carbocycles. The van der Waals surface area contributed by atoms with Crippen LogP contribution in [0.25, 0.3) is 0 Å². The average molecular weight is 248 g/mol. The lowest BCUT2D eigenvalue weighted by atomic mass is 10.1. The first-order chi connectivity index (χ1) is 7.05. The van der Waals surface area contributed by atoms with Crippen LogP contribution in [0.15, 0.2) is 12.1 Å². The van der Waals surface area contributed by atoms with Crippen molar-refractivity contribution in [2.75, 3.05) is 0 Å². The van der Waals surface area contributed by atoms with E-state index in [4.69, 9.17) is 5.11 Å². The van der Waals surface area contributed by atoms with Crippen LogP contribution in [0.3, 0.4) is 0 Å². The Kier molecular flexibility index (Phi) is 2.88. The van der Waals surface area contributed by atoms with Gasteiger partial charge in [0.25, 0.3) is 0 Å². The largest absolute Gasteiger partial charge is 0.419 e. The Morgan fingerprint density at radius 2 is 1.19 bits per heavy atom. The van der Waals surface area contributed by atoms with Crippen molar-refractivity contribution in [1.82, 2.24) is 0 Å². The number of halogens is 7. The lowest BCUT2D eigenvalue weighted by Gasteiger charge is -2.13. The molecular formula is C8H3F7O. The van der Waals surface area contributed by atoms with Crippen LogP contribution >= 0.6 is 0 Å². The Morgan fingerprint density at radius 3 is 1.56 bits per heavy atom. The molecule has 1 nitrogen and oxygen atoms in total. The van der Waals surface area contributed by atoms with Gasteiger partial charge in [-0.05, 0) is 12.1 Å². The zero-order chi connectivity index (χ0) is 12.7. The zero-order valence-corrected chi connectivity index (χ0v) is 7.25. The molecule has 1 N–H and O–H groups in total. The molecule has 0 saturated heterocycles. The molecule has 1 rings (SSSR count). The maximum atomic E-state index is 12.8. The third kappa shape index (κ3) is 2.26. The maximum absolute atomic E-state index is 12.8. The summed E-state index contributed by atoms with van der Waals surface area (Å²) < 4.78 is 85.9. The van der Waals surface area contributed by atoms with Crippen LogP contribution in [0.4, 0.5) is 30.7 Å². The molecule has 8 heteroatoms. The summed E-state index contributed by atoms with van der Waals surface area (Å²) in [5.74, 6) is -4.90. The van der Waals surface area contributed by atoms with E-state index in [2.05, 4.69) is 0 Å². The number of aliphatic hydroxyl groups is 1. The molecule has 0 aliphatic carbocycles. The lowest BCUT2D eigenvalue weighted by Crippen LogP contribution is -2.18. The van der Waals surface area contributed by atoms with E-state index in [1.54, 1.807) is 0 Å². The second-order valence-electron chi connectivity index (χ2n) is 2.83. The normalized spacial score (nSPS) is 13.0. The topological polar surface area (TPSA) is 20.2 Å². The van der Waals surface area contributed by atoms with E-state index in [-0.39, 0.29) is 12.1 Å². The van der Waals surface area contributed by atoms with Crippen molar-refractivity contribution in [3.05, 3.63) is 34.9 Å². The van der Waals surface area contributed by atoms with Gasteiger partial charge in [0.2, 0.25) is 0 Å². The second-order valence-corrected chi connectivity index (χ2v) is 2.83. The minimum atomic E-state index is -5.20. The molecule has 0 aliphatic heterocycles. The van der Waals surface area contributed by atoms with E-state index >= 15 is 0 Å². The van der Waals surface area contributed by atoms with Crippen LogP contribution in [0.2, 0.25) is 0 Å². The van der Waals surface area contributed by atoms with Crippen molar-refractivity contribution in [3.63, 3.8) is 0 Å². The number of alkyl halides is 5. The summed E-state index contributed by atoms with van der Waals surface area (Å²) in [6.07, 6.45) is -9.94. The molecule has 0 unspecified atom stereocenters. The SMILES string of the molecule is OC(F)(F)c1ccc(C(F)(F)F)c(F)c1F. The van der Waals surface area contributed by atoms with Gasteiger partial charge in [0.1, 0.15) is 0 Å². The summed E-state index contributed by atoms with van der Waals surface area (Å²) in [7, 11) is 0. The molecule has 0 spiro atoms. The van der Waals surface area contributed by atoms with Crippen molar-refractivity contribution >= 4 is 0 Å². The molecule has 0 atom stereocenters. The highest BCUT2D eigenvalue weighted by Gasteiger charge is 2.40. The smallest absolute Gasteiger partial charge is 0.332 e. The number of hydrogen-bond donors (Lipinski definition) is 1. The monoisotopic (exact) mass is 248 g/mol. The van der Waals surface area contributed by atoms with Crippen LogP contribution in [-0.4, -0.2) is 5.11 Å². The standard InChI is InChI=1S/C8H3F7O/c9-5-3(7(11,12)13)1-2-4(6(5)10)8(14,15)16/h1-2,16H. The highest BCUT2D eigenvalue weighted by atomic mass is 19.4. The van der Waals surface area contributed by atoms with E-state index in [9.17, 15) is 30.7 Å². The fourth-order valence-electron chi connectivity index (χ4n) is 1.00. The Balaban J connectivity index is 3.41. The van der Waals surface area contributed by atoms with Crippen molar-refractivity contribution in [1.29, 1.82) is 0 Å². The highest BCUT2D eigenvalue weighted by Crippen LogP contribution is 2.36. The van der Waals surface area contributed by atoms with Gasteiger partial charge >= 0.3 is 12.3 Å². The minimum absolute atomic E-state index is 0.0266. The highest BCUT2D eigenvalue weighted by molar-refractivity contribution is 5.29. The molecule has 0 fully saturated rings. The van der Waals surface area contributed by atoms with Crippen molar-refractivity contribution in [2.45, 2.75) is 12.3 Å². The van der Waals surface area contributed by atoms with Crippen LogP contribution in [0.5, 0.6) is 0 Å². The van der Waals surface area contributed by atoms with Gasteiger partial charge in [-0.15, -0.1) is 0 Å². The minimum Gasteiger partial charge on any atom is -0.332 e. The summed E-state index contributed by atoms with van der Waals surface area (Å²) >= 11 is 0. The molecule has 0 aromatic heterocycles. The fourth-order valence-corrected chi connectivity index (χ4v) is 1.00. The molecule has 0 heterocycles. The molecule has 0 amide bonds. The molecular weight excluding hydrogens is 245 g/mol. The van der Waals surface area contributed by atoms with Gasteiger partial charge in [0, 0.05) is 0 Å². The van der Waals surface area contributed by atoms with Gasteiger partial charge in [-0.25, -0.2) is 8.78 Å². The molecule has 0 radical (unpaired) electrons. The number of benzene rings is 1. The first-order valence-electron chi connectivity index (χ1n) is 3.71. The molecule has 0 bridgehead atoms. The summed E-state index contributed by atoms with van der Waals surface area (Å²) in [6.45, 7) is 0. The Bertz CT molecular complexity index is 365. The molecule has 0 aliphatic rings. The summed E-state index contributed by atoms with van der Waals surface area (Å²) in [4.78, 5) is 0. The van der Waals surface area contributed by atoms with E-state index in [0.29, 0.717) is 0 Å². The third-order valence-corrected chi connectivity index (χ3v) is 1.71. The predicted molar refractivity (Wildman–Crippen MR) is 37.5 cm³/mol. The van der Waals surface area contributed by atoms with Crippen LogP contribution in [0.1, 0.15) is 11.1 Å². The first kappa shape index (κ1) is 12.8. The Morgan fingerprint density at radius 1 is 0.812 bits per heavy atom. The first-order valence-corrected chi connectivity index (χ1v) is 3.71. The predicted octanol–water partition coefficient (Wildman–Crippen LogP) is 3.03. The Labute approximate surface area is 84.1 Å². The number of rotatable bonds is 1. The zero-order valence-electron chi connectivity index (χ0n) is 7.25. The second kappa shape index (κ2) is 3.62. The molecule has 1 aromatic rings. The van der Waals surface area contributed by atoms with Gasteiger partial charge in [-0.3, -0.25) is 0 Å². The maximum Gasteiger partial charge on any atom is 0.419 e. The third-order valence-electron chi connectivity index (χ3n) is 1.71. The summed E-state index contributed by atoms with van der Waals surface area (Å²) in [6, 6.07) is -0.0981. The average Bonchev–Trinajstić information content (AvgIpc) is 2.05. The van der Waals surface area contributed by atoms with Crippen molar-refractivity contribution in [3.8, 4) is 0 Å². The van der Waals surface area contributed by atoms with E-state index < -0.39 is 35.0 Å². The van der Waals surface area contributed by atoms with Gasteiger partial charge in [-0.1, -0.05) is 0 Å². The van der Waals surface area contributed by atoms with Gasteiger partial charge in [0.15, 0.2) is 11.6 Å². The molecule has 16 heavy (non-hydrogen) atoms. The van der Waals surface area contributed by atoms with Crippen LogP contribution in [-0.2, 0) is 12.3 Å². The van der Waals surface area contributed by atoms with Gasteiger partial charge in [-0.2, -0.15) is 22.0 Å².